The van der Waals surface area contributed by atoms with Gasteiger partial charge in [0.2, 0.25) is 0 Å². The summed E-state index contributed by atoms with van der Waals surface area (Å²) in [6.45, 7) is 2.55. The minimum Gasteiger partial charge on any atom is -0.376 e. The third-order valence-corrected chi connectivity index (χ3v) is 3.25. The first-order valence-corrected chi connectivity index (χ1v) is 6.32. The highest BCUT2D eigenvalue weighted by atomic mass is 16.5. The SMILES string of the molecule is C1=C(COC[C@@H]2CCCCO2)CCCC1. The van der Waals surface area contributed by atoms with Gasteiger partial charge in [-0.2, -0.15) is 0 Å². The van der Waals surface area contributed by atoms with Crippen molar-refractivity contribution in [3.63, 3.8) is 0 Å². The second-order valence-electron chi connectivity index (χ2n) is 4.61. The average Bonchev–Trinajstić information content (AvgIpc) is 2.32. The molecule has 1 saturated heterocycles. The first-order valence-electron chi connectivity index (χ1n) is 6.32. The molecule has 1 atom stereocenters. The van der Waals surface area contributed by atoms with Crippen molar-refractivity contribution in [2.24, 2.45) is 0 Å². The summed E-state index contributed by atoms with van der Waals surface area (Å²) in [5, 5.41) is 0. The van der Waals surface area contributed by atoms with Gasteiger partial charge in [-0.05, 0) is 50.5 Å². The molecule has 2 aliphatic rings. The second-order valence-corrected chi connectivity index (χ2v) is 4.61. The third-order valence-electron chi connectivity index (χ3n) is 3.25. The molecule has 0 unspecified atom stereocenters. The van der Waals surface area contributed by atoms with E-state index in [0.29, 0.717) is 6.10 Å². The zero-order valence-electron chi connectivity index (χ0n) is 9.54. The van der Waals surface area contributed by atoms with Crippen molar-refractivity contribution in [2.45, 2.75) is 51.0 Å². The Labute approximate surface area is 92.6 Å². The first kappa shape index (κ1) is 11.2. The summed E-state index contributed by atoms with van der Waals surface area (Å²) >= 11 is 0. The fourth-order valence-corrected chi connectivity index (χ4v) is 2.30. The molecule has 2 nitrogen and oxygen atoms in total. The fraction of sp³-hybridized carbons (Fsp3) is 0.846. The largest absolute Gasteiger partial charge is 0.376 e. The average molecular weight is 210 g/mol. The third kappa shape index (κ3) is 3.96. The lowest BCUT2D eigenvalue weighted by atomic mass is 10.0. The molecule has 2 heteroatoms. The Bertz CT molecular complexity index is 205. The van der Waals surface area contributed by atoms with Crippen LogP contribution in [0.4, 0.5) is 0 Å². The van der Waals surface area contributed by atoms with Crippen LogP contribution >= 0.6 is 0 Å². The smallest absolute Gasteiger partial charge is 0.0808 e. The van der Waals surface area contributed by atoms with Gasteiger partial charge in [0.1, 0.15) is 0 Å². The van der Waals surface area contributed by atoms with Gasteiger partial charge in [-0.1, -0.05) is 6.08 Å². The summed E-state index contributed by atoms with van der Waals surface area (Å²) in [5.74, 6) is 0. The predicted octanol–water partition coefficient (Wildman–Crippen LogP) is 3.07. The lowest BCUT2D eigenvalue weighted by molar-refractivity contribution is -0.0368. The minimum atomic E-state index is 0.364. The summed E-state index contributed by atoms with van der Waals surface area (Å²) in [7, 11) is 0. The molecule has 1 heterocycles. The number of hydrogen-bond donors (Lipinski definition) is 0. The molecule has 0 N–H and O–H groups in total. The Balaban J connectivity index is 1.59. The molecule has 0 aromatic heterocycles. The molecular weight excluding hydrogens is 188 g/mol. The van der Waals surface area contributed by atoms with Gasteiger partial charge in [-0.15, -0.1) is 0 Å². The van der Waals surface area contributed by atoms with Crippen molar-refractivity contribution in [3.05, 3.63) is 11.6 Å². The number of allylic oxidation sites excluding steroid dienone is 1. The van der Waals surface area contributed by atoms with E-state index in [1.54, 1.807) is 0 Å². The lowest BCUT2D eigenvalue weighted by Crippen LogP contribution is -2.24. The van der Waals surface area contributed by atoms with Gasteiger partial charge >= 0.3 is 0 Å². The second kappa shape index (κ2) is 6.29. The summed E-state index contributed by atoms with van der Waals surface area (Å²) in [4.78, 5) is 0. The Hall–Kier alpha value is -0.340. The van der Waals surface area contributed by atoms with Crippen molar-refractivity contribution in [1.29, 1.82) is 0 Å². The normalized spacial score (nSPS) is 27.5. The molecule has 0 amide bonds. The highest BCUT2D eigenvalue weighted by Crippen LogP contribution is 2.18. The molecule has 15 heavy (non-hydrogen) atoms. The first-order chi connectivity index (χ1) is 7.45. The maximum Gasteiger partial charge on any atom is 0.0808 e. The van der Waals surface area contributed by atoms with Gasteiger partial charge in [0.25, 0.3) is 0 Å². The van der Waals surface area contributed by atoms with E-state index < -0.39 is 0 Å². The van der Waals surface area contributed by atoms with Crippen molar-refractivity contribution in [3.8, 4) is 0 Å². The molecule has 1 aliphatic carbocycles. The molecule has 0 aromatic rings. The topological polar surface area (TPSA) is 18.5 Å². The van der Waals surface area contributed by atoms with E-state index in [9.17, 15) is 0 Å². The van der Waals surface area contributed by atoms with E-state index in [2.05, 4.69) is 6.08 Å². The highest BCUT2D eigenvalue weighted by molar-refractivity contribution is 5.05. The summed E-state index contributed by atoms with van der Waals surface area (Å²) in [5.41, 5.74) is 1.50. The molecule has 0 spiro atoms. The van der Waals surface area contributed by atoms with Crippen LogP contribution in [0.5, 0.6) is 0 Å². The van der Waals surface area contributed by atoms with E-state index in [4.69, 9.17) is 9.47 Å². The van der Waals surface area contributed by atoms with Gasteiger partial charge in [0.15, 0.2) is 0 Å². The molecule has 0 aromatic carbocycles. The zero-order valence-corrected chi connectivity index (χ0v) is 9.54. The van der Waals surface area contributed by atoms with Gasteiger partial charge in [0, 0.05) is 6.61 Å². The number of hydrogen-bond acceptors (Lipinski definition) is 2. The van der Waals surface area contributed by atoms with E-state index in [-0.39, 0.29) is 0 Å². The molecule has 86 valence electrons. The Kier molecular flexibility index (Phi) is 4.68. The number of ether oxygens (including phenoxy) is 2. The fourth-order valence-electron chi connectivity index (χ4n) is 2.30. The van der Waals surface area contributed by atoms with Crippen LogP contribution in [0.2, 0.25) is 0 Å². The quantitative estimate of drug-likeness (QED) is 0.664. The lowest BCUT2D eigenvalue weighted by Gasteiger charge is -2.23. The minimum absolute atomic E-state index is 0.364. The van der Waals surface area contributed by atoms with E-state index in [1.165, 1.54) is 50.5 Å². The van der Waals surface area contributed by atoms with Crippen LogP contribution in [0.1, 0.15) is 44.9 Å². The molecule has 2 rings (SSSR count). The summed E-state index contributed by atoms with van der Waals surface area (Å²) < 4.78 is 11.3. The van der Waals surface area contributed by atoms with Gasteiger partial charge < -0.3 is 9.47 Å². The Morgan fingerprint density at radius 1 is 1.27 bits per heavy atom. The van der Waals surface area contributed by atoms with Crippen molar-refractivity contribution in [1.82, 2.24) is 0 Å². The summed E-state index contributed by atoms with van der Waals surface area (Å²) in [6, 6.07) is 0. The highest BCUT2D eigenvalue weighted by Gasteiger charge is 2.14. The molecular formula is C13H22O2. The van der Waals surface area contributed by atoms with Crippen LogP contribution in [0, 0.1) is 0 Å². The molecule has 0 radical (unpaired) electrons. The molecule has 0 bridgehead atoms. The van der Waals surface area contributed by atoms with E-state index in [0.717, 1.165) is 19.8 Å². The summed E-state index contributed by atoms with van der Waals surface area (Å²) in [6.07, 6.45) is 11.6. The molecule has 1 fully saturated rings. The monoisotopic (exact) mass is 210 g/mol. The van der Waals surface area contributed by atoms with Crippen LogP contribution in [0.3, 0.4) is 0 Å². The van der Waals surface area contributed by atoms with E-state index in [1.807, 2.05) is 0 Å². The number of rotatable bonds is 4. The predicted molar refractivity (Wildman–Crippen MR) is 61.0 cm³/mol. The van der Waals surface area contributed by atoms with Crippen LogP contribution in [-0.4, -0.2) is 25.9 Å². The van der Waals surface area contributed by atoms with Crippen LogP contribution in [0.25, 0.3) is 0 Å². The van der Waals surface area contributed by atoms with Crippen molar-refractivity contribution < 1.29 is 9.47 Å². The van der Waals surface area contributed by atoms with Crippen LogP contribution in [-0.2, 0) is 9.47 Å². The van der Waals surface area contributed by atoms with Gasteiger partial charge in [-0.25, -0.2) is 0 Å². The Morgan fingerprint density at radius 3 is 3.00 bits per heavy atom. The maximum atomic E-state index is 5.72. The van der Waals surface area contributed by atoms with Crippen molar-refractivity contribution >= 4 is 0 Å². The van der Waals surface area contributed by atoms with Crippen LogP contribution in [0.15, 0.2) is 11.6 Å². The zero-order chi connectivity index (χ0) is 10.3. The standard InChI is InChI=1S/C13H22O2/c1-2-6-12(7-3-1)10-14-11-13-8-4-5-9-15-13/h6,13H,1-5,7-11H2/t13-/m0/s1. The maximum absolute atomic E-state index is 5.72. The molecule has 0 saturated carbocycles. The van der Waals surface area contributed by atoms with E-state index >= 15 is 0 Å². The van der Waals surface area contributed by atoms with Gasteiger partial charge in [-0.3, -0.25) is 0 Å². The van der Waals surface area contributed by atoms with Crippen LogP contribution < -0.4 is 0 Å². The molecule has 1 aliphatic heterocycles. The van der Waals surface area contributed by atoms with Crippen molar-refractivity contribution in [2.75, 3.05) is 19.8 Å². The van der Waals surface area contributed by atoms with Gasteiger partial charge in [0.05, 0.1) is 19.3 Å². The Morgan fingerprint density at radius 2 is 2.27 bits per heavy atom.